The summed E-state index contributed by atoms with van der Waals surface area (Å²) < 4.78 is 62.3. The monoisotopic (exact) mass is 483 g/mol. The summed E-state index contributed by atoms with van der Waals surface area (Å²) >= 11 is 0. The van der Waals surface area contributed by atoms with Gasteiger partial charge in [-0.3, -0.25) is 0 Å². The number of alkyl halides is 3. The number of fused-ring (bicyclic) bond motifs is 2. The Morgan fingerprint density at radius 2 is 1.24 bits per heavy atom. The van der Waals surface area contributed by atoms with Crippen LogP contribution < -0.4 is 9.92 Å². The van der Waals surface area contributed by atoms with Crippen molar-refractivity contribution in [3.63, 3.8) is 0 Å². The molecule has 0 unspecified atom stereocenters. The molecule has 4 aromatic carbocycles. The summed E-state index contributed by atoms with van der Waals surface area (Å²) in [6, 6.07) is 23.8. The Morgan fingerprint density at radius 3 is 1.74 bits per heavy atom. The molecule has 0 heterocycles. The molecule has 6 nitrogen and oxygen atoms in total. The number of nitriles is 2. The number of hydrogen-bond acceptors (Lipinski definition) is 6. The molecule has 0 aromatic heterocycles. The van der Waals surface area contributed by atoms with Gasteiger partial charge in [0, 0.05) is 6.54 Å². The lowest BCUT2D eigenvalue weighted by Crippen LogP contribution is -2.28. The zero-order chi connectivity index (χ0) is 24.9. The van der Waals surface area contributed by atoms with E-state index in [2.05, 4.69) is 16.3 Å². The van der Waals surface area contributed by atoms with Crippen LogP contribution in [0, 0.1) is 22.7 Å². The Labute approximate surface area is 193 Å². The molecule has 0 atom stereocenters. The van der Waals surface area contributed by atoms with Crippen molar-refractivity contribution >= 4 is 31.7 Å². The van der Waals surface area contributed by atoms with Crippen LogP contribution in [0.4, 0.5) is 13.2 Å². The van der Waals surface area contributed by atoms with Gasteiger partial charge in [-0.2, -0.15) is 32.1 Å². The highest BCUT2D eigenvalue weighted by Gasteiger charge is 2.48. The molecule has 0 aliphatic heterocycles. The Morgan fingerprint density at radius 1 is 0.765 bits per heavy atom. The summed E-state index contributed by atoms with van der Waals surface area (Å²) in [5.41, 5.74) is 2.25. The predicted molar refractivity (Wildman–Crippen MR) is 121 cm³/mol. The van der Waals surface area contributed by atoms with Gasteiger partial charge in [0.1, 0.15) is 5.75 Å². The van der Waals surface area contributed by atoms with Gasteiger partial charge in [-0.05, 0) is 69.6 Å². The van der Waals surface area contributed by atoms with Gasteiger partial charge in [-0.25, -0.2) is 0 Å². The molecule has 34 heavy (non-hydrogen) atoms. The molecule has 0 saturated heterocycles. The fourth-order valence-corrected chi connectivity index (χ4v) is 3.46. The third-order valence-electron chi connectivity index (χ3n) is 4.70. The van der Waals surface area contributed by atoms with Crippen LogP contribution in [-0.4, -0.2) is 13.9 Å². The largest absolute Gasteiger partial charge is 0.534 e. The summed E-state index contributed by atoms with van der Waals surface area (Å²) in [6.07, 6.45) is 0. The van der Waals surface area contributed by atoms with E-state index in [0.717, 1.165) is 28.5 Å². The van der Waals surface area contributed by atoms with Gasteiger partial charge >= 0.3 is 15.6 Å². The van der Waals surface area contributed by atoms with E-state index >= 15 is 0 Å². The first-order chi connectivity index (χ1) is 16.1. The molecular weight excluding hydrogens is 467 g/mol. The summed E-state index contributed by atoms with van der Waals surface area (Å²) in [6.45, 7) is 0.552. The summed E-state index contributed by atoms with van der Waals surface area (Å²) in [5, 5.41) is 20.7. The Bertz CT molecular complexity index is 1550. The van der Waals surface area contributed by atoms with Crippen LogP contribution >= 0.6 is 0 Å². The Kier molecular flexibility index (Phi) is 7.06. The predicted octanol–water partition coefficient (Wildman–Crippen LogP) is 5.11. The molecule has 0 aliphatic rings. The quantitative estimate of drug-likeness (QED) is 0.320. The second-order valence-corrected chi connectivity index (χ2v) is 8.57. The molecule has 0 aliphatic carbocycles. The van der Waals surface area contributed by atoms with Crippen molar-refractivity contribution in [1.29, 1.82) is 10.5 Å². The third kappa shape index (κ3) is 5.62. The normalized spacial score (nSPS) is 11.2. The average Bonchev–Trinajstić information content (AvgIpc) is 2.82. The Balaban J connectivity index is 0.000000202. The molecule has 0 radical (unpaired) electrons. The van der Waals surface area contributed by atoms with E-state index in [0.29, 0.717) is 28.4 Å². The molecule has 172 valence electrons. The fraction of sp³-hybridized carbons (Fsp3) is 0.0833. The molecule has 0 spiro atoms. The maximum Gasteiger partial charge on any atom is 0.534 e. The second kappa shape index (κ2) is 9.79. The SMILES string of the molecule is N#Cc1ccc2cc(CN)ccc2c1.N#Cc1ccc2cc(OS(=O)(=O)C(F)(F)F)ccc2c1. The first-order valence-corrected chi connectivity index (χ1v) is 11.0. The zero-order valence-corrected chi connectivity index (χ0v) is 18.2. The maximum absolute atomic E-state index is 12.2. The van der Waals surface area contributed by atoms with Gasteiger partial charge in [0.2, 0.25) is 0 Å². The van der Waals surface area contributed by atoms with Gasteiger partial charge in [0.05, 0.1) is 23.3 Å². The maximum atomic E-state index is 12.2. The Hall–Kier alpha value is -4.12. The van der Waals surface area contributed by atoms with E-state index in [1.807, 2.05) is 36.4 Å². The van der Waals surface area contributed by atoms with Gasteiger partial charge < -0.3 is 9.92 Å². The lowest BCUT2D eigenvalue weighted by molar-refractivity contribution is -0.0500. The highest BCUT2D eigenvalue weighted by Crippen LogP contribution is 2.29. The first kappa shape index (κ1) is 24.5. The smallest absolute Gasteiger partial charge is 0.376 e. The topological polar surface area (TPSA) is 117 Å². The minimum Gasteiger partial charge on any atom is -0.376 e. The summed E-state index contributed by atoms with van der Waals surface area (Å²) in [5.74, 6) is -0.445. The van der Waals surface area contributed by atoms with E-state index in [-0.39, 0.29) is 0 Å². The highest BCUT2D eigenvalue weighted by molar-refractivity contribution is 7.88. The van der Waals surface area contributed by atoms with Crippen LogP contribution in [0.15, 0.2) is 72.8 Å². The first-order valence-electron chi connectivity index (χ1n) is 9.64. The van der Waals surface area contributed by atoms with Gasteiger partial charge in [-0.1, -0.05) is 30.3 Å². The molecule has 0 saturated carbocycles. The summed E-state index contributed by atoms with van der Waals surface area (Å²) in [4.78, 5) is 0. The molecule has 4 aromatic rings. The lowest BCUT2D eigenvalue weighted by atomic mass is 10.0. The van der Waals surface area contributed by atoms with E-state index in [1.54, 1.807) is 0 Å². The van der Waals surface area contributed by atoms with Crippen molar-refractivity contribution in [2.45, 2.75) is 12.1 Å². The lowest BCUT2D eigenvalue weighted by Gasteiger charge is -2.09. The van der Waals surface area contributed by atoms with Crippen molar-refractivity contribution in [3.8, 4) is 17.9 Å². The van der Waals surface area contributed by atoms with Gasteiger partial charge in [0.15, 0.2) is 0 Å². The molecule has 10 heteroatoms. The van der Waals surface area contributed by atoms with Crippen molar-refractivity contribution in [3.05, 3.63) is 89.5 Å². The number of halogens is 3. The minimum atomic E-state index is -5.68. The summed E-state index contributed by atoms with van der Waals surface area (Å²) in [7, 11) is -5.68. The average molecular weight is 483 g/mol. The molecule has 0 bridgehead atoms. The van der Waals surface area contributed by atoms with Crippen LogP contribution in [0.3, 0.4) is 0 Å². The number of nitrogens with two attached hydrogens (primary N) is 1. The standard InChI is InChI=1S/C12H6F3NO3S.C12H10N2/c13-12(14,15)20(17,18)19-11-4-3-9-5-8(7-16)1-2-10(9)6-11;13-7-9-1-3-11-6-10(8-14)2-4-12(11)5-9/h1-6H;1-6H,7,13H2. The van der Waals surface area contributed by atoms with Crippen molar-refractivity contribution in [1.82, 2.24) is 0 Å². The van der Waals surface area contributed by atoms with Crippen molar-refractivity contribution < 1.29 is 25.8 Å². The van der Waals surface area contributed by atoms with E-state index < -0.39 is 21.4 Å². The van der Waals surface area contributed by atoms with Crippen LogP contribution in [0.2, 0.25) is 0 Å². The van der Waals surface area contributed by atoms with E-state index in [9.17, 15) is 21.6 Å². The van der Waals surface area contributed by atoms with Crippen LogP contribution in [0.1, 0.15) is 16.7 Å². The van der Waals surface area contributed by atoms with Crippen LogP contribution in [-0.2, 0) is 16.7 Å². The molecular formula is C24H16F3N3O3S. The van der Waals surface area contributed by atoms with Crippen molar-refractivity contribution in [2.75, 3.05) is 0 Å². The zero-order valence-electron chi connectivity index (χ0n) is 17.4. The van der Waals surface area contributed by atoms with E-state index in [1.165, 1.54) is 24.3 Å². The molecule has 4 rings (SSSR count). The van der Waals surface area contributed by atoms with Crippen molar-refractivity contribution in [2.24, 2.45) is 5.73 Å². The van der Waals surface area contributed by atoms with Gasteiger partial charge in [0.25, 0.3) is 0 Å². The number of rotatable bonds is 3. The van der Waals surface area contributed by atoms with E-state index in [4.69, 9.17) is 16.3 Å². The number of nitrogens with zero attached hydrogens (tertiary/aromatic N) is 2. The van der Waals surface area contributed by atoms with Crippen LogP contribution in [0.25, 0.3) is 21.5 Å². The molecule has 2 N–H and O–H groups in total. The number of benzene rings is 4. The minimum absolute atomic E-state index is 0.383. The number of hydrogen-bond donors (Lipinski definition) is 1. The second-order valence-electron chi connectivity index (χ2n) is 7.03. The molecule has 0 fully saturated rings. The highest BCUT2D eigenvalue weighted by atomic mass is 32.2. The molecule has 0 amide bonds. The van der Waals surface area contributed by atoms with Gasteiger partial charge in [-0.15, -0.1) is 0 Å². The third-order valence-corrected chi connectivity index (χ3v) is 5.68. The fourth-order valence-electron chi connectivity index (χ4n) is 3.01. The van der Waals surface area contributed by atoms with Crippen LogP contribution in [0.5, 0.6) is 5.75 Å².